The second-order valence-electron chi connectivity index (χ2n) is 31.8. The molecule has 0 fully saturated rings. The van der Waals surface area contributed by atoms with Crippen molar-refractivity contribution in [2.24, 2.45) is 0 Å². The number of rotatable bonds is 9. The molecule has 0 amide bonds. The molecule has 125 heavy (non-hydrogen) atoms. The zero-order valence-corrected chi connectivity index (χ0v) is 73.0. The molecule has 594 valence electrons. The number of aromatic nitrogens is 3. The van der Waals surface area contributed by atoms with Gasteiger partial charge in [0.2, 0.25) is 8.15 Å². The van der Waals surface area contributed by atoms with E-state index in [1.165, 1.54) is 181 Å². The molecule has 1 spiro atoms. The SMILES string of the molecule is Cc1ccc2c(-c3ccc4ccccc4c3)c3ccccc3c(-c3ccc4ccccc4c3)c2c1.O=P(c1ccccc1)(c1ccccc1)c1ccc2c(c1)C1(c3ccccc3-c3ccccc31)c1ccccc1-2.O=PP=S.[3H]CP.c1ccc2c(c1)c1ccccc1n2-c1cc(-n2c3ccccc3c3ccccc32)cc(-n2c3ccccc3c3ccccc32)c1. The van der Waals surface area contributed by atoms with Crippen molar-refractivity contribution in [2.75, 3.05) is 6.64 Å². The van der Waals surface area contributed by atoms with E-state index in [0.717, 1.165) is 33.0 Å². The standard InChI is InChI=1S/C42H27N3.C37H25OP.C35H24.CH5P.OP2S/c1-7-19-37-31(13-1)32-14-2-8-20-38(32)43(37)28-25-29(44-39-21-9-3-15-33(39)34-16-4-10-22-40(34)44)27-30(26-28)45-41-23-11-5-17-35(41)36-18-6-12-24-42(36)45;38-39(26-13-3-1-4-14-26,27-15-5-2-6-16-27)28-23-24-32-31-19-9-12-22-35(31)37(36(32)25-28)33-20-10-7-17-29(33)30-18-8-11-21-34(30)37;1-23-14-19-32-33(20-23)35(29-18-16-25-9-3-5-11-27(25)22-29)31-13-7-6-12-30(31)34(32)28-17-15-24-8-2-4-10-26(24)21-28;1-2;1-2-3-4/h1-27H;1-25H;2-22H,1H3;2H2,1H3;/i;;;1T;. The Bertz CT molecular complexity index is 7710. The van der Waals surface area contributed by atoms with Crippen molar-refractivity contribution in [3.8, 4) is 61.6 Å². The van der Waals surface area contributed by atoms with Gasteiger partial charge in [0.15, 0.2) is 7.14 Å². The summed E-state index contributed by atoms with van der Waals surface area (Å²) >= 11 is 4.20. The quantitative estimate of drug-likeness (QED) is 0.107. The van der Waals surface area contributed by atoms with Gasteiger partial charge in [-0.1, -0.05) is 382 Å². The molecule has 3 heterocycles. The van der Waals surface area contributed by atoms with Crippen molar-refractivity contribution in [3.63, 3.8) is 0 Å². The predicted octanol–water partition coefficient (Wildman–Crippen LogP) is 30.7. The molecule has 0 saturated heterocycles. The first-order chi connectivity index (χ1) is 62.2. The van der Waals surface area contributed by atoms with Crippen molar-refractivity contribution in [1.82, 2.24) is 13.7 Å². The summed E-state index contributed by atoms with van der Waals surface area (Å²) in [6.45, 7) is 2.61. The van der Waals surface area contributed by atoms with E-state index in [9.17, 15) is 0 Å². The number of para-hydroxylation sites is 6. The first kappa shape index (κ1) is 77.2. The van der Waals surface area contributed by atoms with Crippen LogP contribution in [0.15, 0.2) is 443 Å². The Morgan fingerprint density at radius 3 is 0.952 bits per heavy atom. The highest BCUT2D eigenvalue weighted by molar-refractivity contribution is 8.26. The molecular formula is C115H81N3O2P4S. The highest BCUT2D eigenvalue weighted by atomic mass is 32.6. The third-order valence-electron chi connectivity index (χ3n) is 25.3. The molecular weight excluding hydrogens is 1610 g/mol. The fourth-order valence-corrected chi connectivity index (χ4v) is 22.8. The van der Waals surface area contributed by atoms with Crippen molar-refractivity contribution in [1.29, 1.82) is 0 Å². The number of hydrogen-bond acceptors (Lipinski definition) is 3. The van der Waals surface area contributed by atoms with Crippen molar-refractivity contribution in [2.45, 2.75) is 12.3 Å². The van der Waals surface area contributed by atoms with Crippen molar-refractivity contribution >= 4 is 168 Å². The Hall–Kier alpha value is -13.9. The van der Waals surface area contributed by atoms with E-state index in [2.05, 4.69) is 424 Å². The van der Waals surface area contributed by atoms with Gasteiger partial charge in [-0.25, -0.2) is 0 Å². The fraction of sp³-hybridized carbons (Fsp3) is 0.0261. The van der Waals surface area contributed by atoms with Gasteiger partial charge in [0, 0.05) is 49.6 Å². The molecule has 23 aromatic rings. The lowest BCUT2D eigenvalue weighted by Crippen LogP contribution is -2.29. The Labute approximate surface area is 737 Å². The highest BCUT2D eigenvalue weighted by Gasteiger charge is 2.52. The molecule has 0 aliphatic heterocycles. The van der Waals surface area contributed by atoms with Crippen LogP contribution in [0.2, 0.25) is 0 Å². The van der Waals surface area contributed by atoms with Crippen molar-refractivity contribution < 1.29 is 10.5 Å². The molecule has 0 radical (unpaired) electrons. The summed E-state index contributed by atoms with van der Waals surface area (Å²) in [4.78, 5) is 0. The molecule has 0 saturated carbocycles. The summed E-state index contributed by atoms with van der Waals surface area (Å²) < 4.78 is 38.0. The molecule has 3 aromatic heterocycles. The van der Waals surface area contributed by atoms with Gasteiger partial charge in [0.1, 0.15) is 0 Å². The zero-order chi connectivity index (χ0) is 85.0. The summed E-state index contributed by atoms with van der Waals surface area (Å²) in [7, 11) is -0.351. The highest BCUT2D eigenvalue weighted by Crippen LogP contribution is 2.63. The minimum atomic E-state index is -3.13. The lowest BCUT2D eigenvalue weighted by Gasteiger charge is -2.31. The van der Waals surface area contributed by atoms with Crippen LogP contribution >= 0.6 is 31.6 Å². The van der Waals surface area contributed by atoms with Crippen LogP contribution in [0.25, 0.3) is 170 Å². The van der Waals surface area contributed by atoms with Crippen LogP contribution in [0.1, 0.15) is 29.2 Å². The average Bonchev–Trinajstić information content (AvgIpc) is 1.50. The van der Waals surface area contributed by atoms with Gasteiger partial charge >= 0.3 is 0 Å². The number of hydrogen-bond donors (Lipinski definition) is 0. The Balaban J connectivity index is 0.000000112. The first-order valence-corrected chi connectivity index (χ1v) is 48.0. The summed E-state index contributed by atoms with van der Waals surface area (Å²) in [6.07, 6.45) is 0. The summed E-state index contributed by atoms with van der Waals surface area (Å²) in [5.41, 5.74) is 26.7. The van der Waals surface area contributed by atoms with Crippen LogP contribution in [0.5, 0.6) is 0 Å². The Morgan fingerprint density at radius 1 is 0.288 bits per heavy atom. The number of fused-ring (bicyclic) bond motifs is 23. The lowest BCUT2D eigenvalue weighted by molar-refractivity contribution is 0.592. The normalized spacial score (nSPS) is 12.4. The van der Waals surface area contributed by atoms with E-state index >= 15 is 4.57 Å². The molecule has 2 aliphatic rings. The molecule has 1 unspecified atom stereocenters. The van der Waals surface area contributed by atoms with Gasteiger partial charge in [-0.05, 0) is 201 Å². The number of benzene rings is 20. The van der Waals surface area contributed by atoms with Gasteiger partial charge < -0.3 is 18.3 Å². The van der Waals surface area contributed by atoms with Crippen LogP contribution in [0, 0.1) is 6.92 Å². The first-order valence-electron chi connectivity index (χ1n) is 42.7. The maximum atomic E-state index is 15.4. The van der Waals surface area contributed by atoms with Gasteiger partial charge in [0.05, 0.1) is 62.6 Å². The third kappa shape index (κ3) is 13.1. The molecule has 5 nitrogen and oxygen atoms in total. The van der Waals surface area contributed by atoms with E-state index < -0.39 is 12.6 Å². The minimum Gasteiger partial charge on any atom is -0.309 e. The topological polar surface area (TPSA) is 48.9 Å². The average molecular weight is 1690 g/mol. The second kappa shape index (κ2) is 33.1. The molecule has 2 aliphatic carbocycles. The molecule has 0 bridgehead atoms. The van der Waals surface area contributed by atoms with Crippen molar-refractivity contribution in [3.05, 3.63) is 471 Å². The predicted molar refractivity (Wildman–Crippen MR) is 541 cm³/mol. The molecule has 0 N–H and O–H groups in total. The van der Waals surface area contributed by atoms with E-state index in [0.29, 0.717) is 13.7 Å². The Morgan fingerprint density at radius 2 is 0.584 bits per heavy atom. The zero-order valence-electron chi connectivity index (χ0n) is 69.3. The molecule has 10 heteroatoms. The van der Waals surface area contributed by atoms with E-state index in [1.54, 1.807) is 0 Å². The van der Waals surface area contributed by atoms with E-state index in [-0.39, 0.29) is 8.15 Å². The maximum absolute atomic E-state index is 15.4. The van der Waals surface area contributed by atoms with Crippen LogP contribution in [0.4, 0.5) is 0 Å². The fourth-order valence-electron chi connectivity index (χ4n) is 20.2. The second-order valence-corrected chi connectivity index (χ2v) is 37.4. The third-order valence-corrected chi connectivity index (χ3v) is 29.2. The maximum Gasteiger partial charge on any atom is 0.227 e. The summed E-state index contributed by atoms with van der Waals surface area (Å²) in [5, 5.41) is 20.4. The van der Waals surface area contributed by atoms with Crippen LogP contribution in [-0.2, 0) is 26.4 Å². The smallest absolute Gasteiger partial charge is 0.227 e. The molecule has 20 aromatic carbocycles. The van der Waals surface area contributed by atoms with Crippen LogP contribution in [-0.4, -0.2) is 20.3 Å². The number of aryl methyl sites for hydroxylation is 1. The lowest BCUT2D eigenvalue weighted by atomic mass is 9.70. The summed E-state index contributed by atoms with van der Waals surface area (Å²) in [5.74, 6) is 0. The minimum absolute atomic E-state index is 0.0355. The van der Waals surface area contributed by atoms with Gasteiger partial charge in [-0.15, -0.1) is 9.24 Å². The van der Waals surface area contributed by atoms with E-state index in [4.69, 9.17) is 5.94 Å². The van der Waals surface area contributed by atoms with Gasteiger partial charge in [-0.3, -0.25) is 4.57 Å². The molecule has 1 atom stereocenters. The Kier molecular flexibility index (Phi) is 20.4. The molecule has 25 rings (SSSR count). The monoisotopic (exact) mass is 1690 g/mol. The van der Waals surface area contributed by atoms with Gasteiger partial charge in [-0.2, -0.15) is 0 Å². The van der Waals surface area contributed by atoms with Gasteiger partial charge in [0.25, 0.3) is 0 Å². The van der Waals surface area contributed by atoms with Crippen LogP contribution < -0.4 is 15.9 Å². The largest absolute Gasteiger partial charge is 0.309 e. The van der Waals surface area contributed by atoms with Crippen LogP contribution in [0.3, 0.4) is 0 Å². The van der Waals surface area contributed by atoms with E-state index in [1.807, 2.05) is 60.7 Å². The number of nitrogens with zero attached hydrogens (tertiary/aromatic N) is 3. The summed E-state index contributed by atoms with van der Waals surface area (Å²) in [6, 6.07) is 159.